The molecule has 1 atom stereocenters. The summed E-state index contributed by atoms with van der Waals surface area (Å²) in [6.07, 6.45) is 0.195. The molecule has 0 amide bonds. The summed E-state index contributed by atoms with van der Waals surface area (Å²) in [6.45, 7) is 8.87. The Balaban J connectivity index is 2.07. The van der Waals surface area contributed by atoms with Crippen molar-refractivity contribution in [2.75, 3.05) is 6.54 Å². The number of hydrogen-bond donors (Lipinski definition) is 1. The largest absolute Gasteiger partial charge is 0.435 e. The van der Waals surface area contributed by atoms with Gasteiger partial charge in [0, 0.05) is 19.1 Å². The average molecular weight is 430 g/mol. The van der Waals surface area contributed by atoms with Crippen molar-refractivity contribution in [1.82, 2.24) is 14.7 Å². The maximum Gasteiger partial charge on any atom is 0.227 e. The van der Waals surface area contributed by atoms with Crippen LogP contribution in [0.25, 0.3) is 5.69 Å². The van der Waals surface area contributed by atoms with Crippen molar-refractivity contribution in [3.63, 3.8) is 0 Å². The van der Waals surface area contributed by atoms with Crippen molar-refractivity contribution in [2.24, 2.45) is 0 Å². The molecule has 2 aromatic carbocycles. The Bertz CT molecular complexity index is 1000. The summed E-state index contributed by atoms with van der Waals surface area (Å²) in [5.74, 6) is -0.397. The standard InChI is InChI=1S/C24H29F2N3O2/c1-5-20(30)14-28(16(2)3)15-21-17(4)27-29(19-12-10-18(25)11-13-19)24(21)31-23-9-7-6-8-22(23)26/h6-13,16,20,30H,5,14-15H2,1-4H3. The van der Waals surface area contributed by atoms with Gasteiger partial charge in [-0.05, 0) is 63.6 Å². The van der Waals surface area contributed by atoms with E-state index in [9.17, 15) is 13.9 Å². The van der Waals surface area contributed by atoms with Gasteiger partial charge in [0.05, 0.1) is 23.0 Å². The van der Waals surface area contributed by atoms with E-state index in [1.807, 2.05) is 13.8 Å². The van der Waals surface area contributed by atoms with Gasteiger partial charge < -0.3 is 9.84 Å². The molecule has 5 nitrogen and oxygen atoms in total. The molecule has 0 bridgehead atoms. The van der Waals surface area contributed by atoms with Crippen LogP contribution in [0.4, 0.5) is 8.78 Å². The molecule has 1 N–H and O–H groups in total. The fourth-order valence-electron chi connectivity index (χ4n) is 3.28. The third kappa shape index (κ3) is 5.48. The van der Waals surface area contributed by atoms with Crippen LogP contribution in [0.15, 0.2) is 48.5 Å². The normalized spacial score (nSPS) is 12.5. The molecular formula is C24H29F2N3O2. The van der Waals surface area contributed by atoms with Crippen molar-refractivity contribution < 1.29 is 18.6 Å². The van der Waals surface area contributed by atoms with E-state index < -0.39 is 11.9 Å². The number of ether oxygens (including phenoxy) is 1. The van der Waals surface area contributed by atoms with E-state index >= 15 is 0 Å². The summed E-state index contributed by atoms with van der Waals surface area (Å²) in [5.41, 5.74) is 2.10. The lowest BCUT2D eigenvalue weighted by Crippen LogP contribution is -2.37. The number of aromatic nitrogens is 2. The first kappa shape index (κ1) is 22.9. The number of aryl methyl sites for hydroxylation is 1. The summed E-state index contributed by atoms with van der Waals surface area (Å²) < 4.78 is 35.4. The van der Waals surface area contributed by atoms with Gasteiger partial charge in [-0.15, -0.1) is 0 Å². The third-order valence-electron chi connectivity index (χ3n) is 5.26. The Morgan fingerprint density at radius 2 is 1.77 bits per heavy atom. The first-order valence-corrected chi connectivity index (χ1v) is 10.5. The summed E-state index contributed by atoms with van der Waals surface area (Å²) in [6, 6.07) is 12.2. The van der Waals surface area contributed by atoms with Gasteiger partial charge in [0.1, 0.15) is 5.82 Å². The Morgan fingerprint density at radius 3 is 2.39 bits per heavy atom. The van der Waals surface area contributed by atoms with E-state index in [4.69, 9.17) is 4.74 Å². The Kier molecular flexibility index (Phi) is 7.41. The van der Waals surface area contributed by atoms with E-state index in [1.165, 1.54) is 18.2 Å². The number of aliphatic hydroxyl groups excluding tert-OH is 1. The topological polar surface area (TPSA) is 50.5 Å². The first-order chi connectivity index (χ1) is 14.8. The Labute approximate surface area is 181 Å². The van der Waals surface area contributed by atoms with Crippen LogP contribution < -0.4 is 4.74 Å². The van der Waals surface area contributed by atoms with Gasteiger partial charge >= 0.3 is 0 Å². The zero-order valence-electron chi connectivity index (χ0n) is 18.3. The van der Waals surface area contributed by atoms with E-state index in [-0.39, 0.29) is 17.6 Å². The van der Waals surface area contributed by atoms with Crippen LogP contribution in [-0.4, -0.2) is 38.5 Å². The second kappa shape index (κ2) is 10.0. The molecule has 31 heavy (non-hydrogen) atoms. The molecule has 0 aliphatic carbocycles. The van der Waals surface area contributed by atoms with Gasteiger partial charge in [0.2, 0.25) is 5.88 Å². The Morgan fingerprint density at radius 1 is 1.10 bits per heavy atom. The van der Waals surface area contributed by atoms with Gasteiger partial charge in [-0.2, -0.15) is 5.10 Å². The molecule has 7 heteroatoms. The van der Waals surface area contributed by atoms with E-state index in [0.29, 0.717) is 36.8 Å². The second-order valence-electron chi connectivity index (χ2n) is 7.88. The van der Waals surface area contributed by atoms with Crippen LogP contribution in [0.5, 0.6) is 11.6 Å². The Hall–Kier alpha value is -2.77. The minimum Gasteiger partial charge on any atom is -0.435 e. The molecule has 3 aromatic rings. The fraction of sp³-hybridized carbons (Fsp3) is 0.375. The zero-order valence-corrected chi connectivity index (χ0v) is 18.3. The average Bonchev–Trinajstić information content (AvgIpc) is 3.04. The number of hydrogen-bond acceptors (Lipinski definition) is 4. The summed E-state index contributed by atoms with van der Waals surface area (Å²) in [5, 5.41) is 14.8. The highest BCUT2D eigenvalue weighted by Crippen LogP contribution is 2.33. The van der Waals surface area contributed by atoms with Crippen LogP contribution in [0.2, 0.25) is 0 Å². The van der Waals surface area contributed by atoms with E-state index in [1.54, 1.807) is 35.0 Å². The molecule has 0 fully saturated rings. The van der Waals surface area contributed by atoms with Gasteiger partial charge in [0.15, 0.2) is 11.6 Å². The number of aliphatic hydroxyl groups is 1. The molecule has 1 unspecified atom stereocenters. The van der Waals surface area contributed by atoms with E-state index in [2.05, 4.69) is 23.8 Å². The summed E-state index contributed by atoms with van der Waals surface area (Å²) in [7, 11) is 0. The first-order valence-electron chi connectivity index (χ1n) is 10.5. The predicted octanol–water partition coefficient (Wildman–Crippen LogP) is 5.23. The van der Waals surface area contributed by atoms with Crippen molar-refractivity contribution in [3.8, 4) is 17.3 Å². The third-order valence-corrected chi connectivity index (χ3v) is 5.26. The summed E-state index contributed by atoms with van der Waals surface area (Å²) in [4.78, 5) is 2.13. The lowest BCUT2D eigenvalue weighted by atomic mass is 10.1. The van der Waals surface area contributed by atoms with Gasteiger partial charge in [-0.3, -0.25) is 4.90 Å². The zero-order chi connectivity index (χ0) is 22.5. The van der Waals surface area contributed by atoms with Gasteiger partial charge in [-0.1, -0.05) is 19.1 Å². The van der Waals surface area contributed by atoms with Crippen molar-refractivity contribution in [3.05, 3.63) is 71.4 Å². The van der Waals surface area contributed by atoms with Crippen molar-refractivity contribution >= 4 is 0 Å². The van der Waals surface area contributed by atoms with Crippen molar-refractivity contribution in [1.29, 1.82) is 0 Å². The highest BCUT2D eigenvalue weighted by Gasteiger charge is 2.24. The quantitative estimate of drug-likeness (QED) is 0.506. The SMILES string of the molecule is CCC(O)CN(Cc1c(C)nn(-c2ccc(F)cc2)c1Oc1ccccc1F)C(C)C. The molecule has 0 spiro atoms. The molecule has 0 saturated carbocycles. The molecule has 0 radical (unpaired) electrons. The molecule has 1 heterocycles. The number of benzene rings is 2. The lowest BCUT2D eigenvalue weighted by molar-refractivity contribution is 0.0875. The fourth-order valence-corrected chi connectivity index (χ4v) is 3.28. The summed E-state index contributed by atoms with van der Waals surface area (Å²) >= 11 is 0. The number of rotatable bonds is 9. The number of nitrogens with zero attached hydrogens (tertiary/aromatic N) is 3. The van der Waals surface area contributed by atoms with Crippen LogP contribution in [0.3, 0.4) is 0 Å². The smallest absolute Gasteiger partial charge is 0.227 e. The minimum absolute atomic E-state index is 0.0803. The van der Waals surface area contributed by atoms with Crippen LogP contribution in [-0.2, 0) is 6.54 Å². The van der Waals surface area contributed by atoms with Gasteiger partial charge in [-0.25, -0.2) is 13.5 Å². The molecule has 3 rings (SSSR count). The lowest BCUT2D eigenvalue weighted by Gasteiger charge is -2.28. The maximum absolute atomic E-state index is 14.4. The van der Waals surface area contributed by atoms with Crippen LogP contribution >= 0.6 is 0 Å². The minimum atomic E-state index is -0.486. The predicted molar refractivity (Wildman–Crippen MR) is 117 cm³/mol. The van der Waals surface area contributed by atoms with Gasteiger partial charge in [0.25, 0.3) is 0 Å². The monoisotopic (exact) mass is 429 g/mol. The van der Waals surface area contributed by atoms with Crippen LogP contribution in [0, 0.1) is 18.6 Å². The van der Waals surface area contributed by atoms with Crippen LogP contribution in [0.1, 0.15) is 38.4 Å². The maximum atomic E-state index is 14.4. The molecule has 1 aromatic heterocycles. The molecule has 0 aliphatic heterocycles. The van der Waals surface area contributed by atoms with E-state index in [0.717, 1.165) is 5.56 Å². The number of para-hydroxylation sites is 1. The molecule has 0 aliphatic rings. The highest BCUT2D eigenvalue weighted by atomic mass is 19.1. The van der Waals surface area contributed by atoms with Crippen molar-refractivity contribution in [2.45, 2.75) is 52.8 Å². The second-order valence-corrected chi connectivity index (χ2v) is 7.88. The molecule has 166 valence electrons. The highest BCUT2D eigenvalue weighted by molar-refractivity contribution is 5.43. The number of halogens is 2. The molecular weight excluding hydrogens is 400 g/mol. The molecule has 0 saturated heterocycles.